The van der Waals surface area contributed by atoms with Crippen molar-refractivity contribution in [1.29, 1.82) is 5.41 Å². The van der Waals surface area contributed by atoms with Gasteiger partial charge < -0.3 is 15.4 Å². The fourth-order valence-corrected chi connectivity index (χ4v) is 1.64. The van der Waals surface area contributed by atoms with Crippen LogP contribution in [-0.2, 0) is 6.54 Å². The van der Waals surface area contributed by atoms with Crippen molar-refractivity contribution in [3.63, 3.8) is 0 Å². The molecule has 94 valence electrons. The molecule has 0 saturated carbocycles. The summed E-state index contributed by atoms with van der Waals surface area (Å²) in [7, 11) is 0. The molecule has 0 aromatic carbocycles. The van der Waals surface area contributed by atoms with Crippen molar-refractivity contribution < 1.29 is 5.11 Å². The van der Waals surface area contributed by atoms with E-state index >= 15 is 0 Å². The summed E-state index contributed by atoms with van der Waals surface area (Å²) in [5.41, 5.74) is 6.85. The van der Waals surface area contributed by atoms with Crippen LogP contribution in [0.3, 0.4) is 0 Å². The van der Waals surface area contributed by atoms with E-state index < -0.39 is 0 Å². The largest absolute Gasteiger partial charge is 0.395 e. The molecular weight excluding hydrogens is 232 g/mol. The molecular formula is C11H14N6O. The number of nitrogens with two attached hydrogens (primary N) is 1. The zero-order valence-electron chi connectivity index (χ0n) is 9.96. The number of allylic oxidation sites excluding steroid dienone is 1. The van der Waals surface area contributed by atoms with Gasteiger partial charge >= 0.3 is 0 Å². The maximum atomic E-state index is 8.98. The third-order valence-corrected chi connectivity index (χ3v) is 2.39. The summed E-state index contributed by atoms with van der Waals surface area (Å²) in [4.78, 5) is 12.6. The molecule has 0 aliphatic heterocycles. The molecule has 2 aromatic rings. The monoisotopic (exact) mass is 246 g/mol. The lowest BCUT2D eigenvalue weighted by atomic mass is 10.3. The third kappa shape index (κ3) is 2.07. The van der Waals surface area contributed by atoms with Gasteiger partial charge in [-0.25, -0.2) is 15.0 Å². The van der Waals surface area contributed by atoms with Gasteiger partial charge in [-0.15, -0.1) is 0 Å². The summed E-state index contributed by atoms with van der Waals surface area (Å²) in [5, 5.41) is 16.5. The number of hydrogen-bond donors (Lipinski definition) is 3. The Morgan fingerprint density at radius 3 is 2.94 bits per heavy atom. The quantitative estimate of drug-likeness (QED) is 0.524. The molecule has 0 radical (unpaired) electrons. The van der Waals surface area contributed by atoms with Crippen LogP contribution in [0.4, 0.5) is 0 Å². The highest BCUT2D eigenvalue weighted by Crippen LogP contribution is 2.14. The number of nitrogen functional groups attached to an aromatic ring is 1. The van der Waals surface area contributed by atoms with E-state index in [4.69, 9.17) is 16.2 Å². The molecule has 0 bridgehead atoms. The van der Waals surface area contributed by atoms with Crippen molar-refractivity contribution in [2.75, 3.05) is 6.61 Å². The first-order valence-electron chi connectivity index (χ1n) is 5.48. The van der Waals surface area contributed by atoms with E-state index in [-0.39, 0.29) is 12.4 Å². The predicted octanol–water partition coefficient (Wildman–Crippen LogP) is 0.136. The molecule has 0 aliphatic carbocycles. The van der Waals surface area contributed by atoms with Crippen LogP contribution in [0.15, 0.2) is 12.4 Å². The summed E-state index contributed by atoms with van der Waals surface area (Å²) in [6, 6.07) is 0. The lowest BCUT2D eigenvalue weighted by molar-refractivity contribution is 0.277. The first kappa shape index (κ1) is 12.2. The molecule has 0 fully saturated rings. The van der Waals surface area contributed by atoms with Crippen molar-refractivity contribution in [2.24, 2.45) is 5.73 Å². The first-order valence-corrected chi connectivity index (χ1v) is 5.48. The zero-order valence-corrected chi connectivity index (χ0v) is 9.96. The van der Waals surface area contributed by atoms with Crippen molar-refractivity contribution in [2.45, 2.75) is 13.5 Å². The lowest BCUT2D eigenvalue weighted by Crippen LogP contribution is -2.15. The van der Waals surface area contributed by atoms with Crippen LogP contribution >= 0.6 is 0 Å². The van der Waals surface area contributed by atoms with Gasteiger partial charge in [0.25, 0.3) is 0 Å². The SMILES string of the molecule is CC=Cc1nc(C(=N)N)c2ncn(CCO)c2n1. The standard InChI is InChI=1S/C11H14N6O/c1-2-3-7-15-8(10(12)13)9-11(16-7)17(4-5-18)6-14-9/h2-3,6,18H,4-5H2,1H3,(H3,12,13). The number of rotatable bonds is 4. The van der Waals surface area contributed by atoms with Gasteiger partial charge in [0.05, 0.1) is 12.9 Å². The second-order valence-electron chi connectivity index (χ2n) is 3.68. The number of aliphatic hydroxyl groups excluding tert-OH is 1. The molecule has 7 heteroatoms. The molecule has 2 aromatic heterocycles. The summed E-state index contributed by atoms with van der Waals surface area (Å²) in [5.74, 6) is 0.317. The molecule has 0 amide bonds. The number of nitrogens with zero attached hydrogens (tertiary/aromatic N) is 4. The second-order valence-corrected chi connectivity index (χ2v) is 3.68. The van der Waals surface area contributed by atoms with E-state index in [0.29, 0.717) is 29.2 Å². The number of aromatic nitrogens is 4. The van der Waals surface area contributed by atoms with E-state index in [1.54, 1.807) is 23.0 Å². The van der Waals surface area contributed by atoms with Crippen LogP contribution in [0.25, 0.3) is 17.2 Å². The fourth-order valence-electron chi connectivity index (χ4n) is 1.64. The maximum Gasteiger partial charge on any atom is 0.164 e. The van der Waals surface area contributed by atoms with E-state index in [9.17, 15) is 0 Å². The minimum Gasteiger partial charge on any atom is -0.395 e. The Bertz CT molecular complexity index is 615. The highest BCUT2D eigenvalue weighted by molar-refractivity contribution is 6.02. The second kappa shape index (κ2) is 4.92. The van der Waals surface area contributed by atoms with Crippen LogP contribution in [-0.4, -0.2) is 37.1 Å². The van der Waals surface area contributed by atoms with Gasteiger partial charge in [-0.3, -0.25) is 5.41 Å². The maximum absolute atomic E-state index is 8.98. The van der Waals surface area contributed by atoms with Crippen LogP contribution in [0.1, 0.15) is 18.4 Å². The predicted molar refractivity (Wildman–Crippen MR) is 68.1 cm³/mol. The molecule has 7 nitrogen and oxygen atoms in total. The molecule has 18 heavy (non-hydrogen) atoms. The van der Waals surface area contributed by atoms with Gasteiger partial charge in [0.1, 0.15) is 17.0 Å². The highest BCUT2D eigenvalue weighted by Gasteiger charge is 2.13. The Morgan fingerprint density at radius 1 is 1.56 bits per heavy atom. The summed E-state index contributed by atoms with van der Waals surface area (Å²) >= 11 is 0. The van der Waals surface area contributed by atoms with E-state index in [1.165, 1.54) is 0 Å². The van der Waals surface area contributed by atoms with Gasteiger partial charge in [-0.2, -0.15) is 0 Å². The fraction of sp³-hybridized carbons (Fsp3) is 0.273. The van der Waals surface area contributed by atoms with Crippen LogP contribution in [0, 0.1) is 5.41 Å². The summed E-state index contributed by atoms with van der Waals surface area (Å²) in [6.07, 6.45) is 5.08. The van der Waals surface area contributed by atoms with Crippen molar-refractivity contribution in [1.82, 2.24) is 19.5 Å². The van der Waals surface area contributed by atoms with Crippen LogP contribution < -0.4 is 5.73 Å². The van der Waals surface area contributed by atoms with Gasteiger partial charge in [0.15, 0.2) is 11.5 Å². The molecule has 0 aliphatic rings. The molecule has 0 atom stereocenters. The zero-order chi connectivity index (χ0) is 13.1. The van der Waals surface area contributed by atoms with Crippen molar-refractivity contribution in [3.8, 4) is 0 Å². The Kier molecular flexibility index (Phi) is 3.33. The molecule has 4 N–H and O–H groups in total. The van der Waals surface area contributed by atoms with Gasteiger partial charge in [-0.05, 0) is 13.0 Å². The summed E-state index contributed by atoms with van der Waals surface area (Å²) < 4.78 is 1.70. The van der Waals surface area contributed by atoms with E-state index in [1.807, 2.05) is 6.92 Å². The Labute approximate surface area is 104 Å². The minimum atomic E-state index is -0.151. The molecule has 2 rings (SSSR count). The van der Waals surface area contributed by atoms with Gasteiger partial charge in [-0.1, -0.05) is 6.08 Å². The molecule has 0 saturated heterocycles. The minimum absolute atomic E-state index is 0.0101. The highest BCUT2D eigenvalue weighted by atomic mass is 16.3. The number of nitrogens with one attached hydrogen (secondary N) is 1. The lowest BCUT2D eigenvalue weighted by Gasteiger charge is -2.03. The normalized spacial score (nSPS) is 11.4. The molecule has 0 unspecified atom stereocenters. The van der Waals surface area contributed by atoms with Gasteiger partial charge in [0.2, 0.25) is 0 Å². The average Bonchev–Trinajstić information content (AvgIpc) is 2.72. The average molecular weight is 246 g/mol. The number of imidazole rings is 1. The molecule has 2 heterocycles. The smallest absolute Gasteiger partial charge is 0.164 e. The van der Waals surface area contributed by atoms with Crippen LogP contribution in [0.5, 0.6) is 0 Å². The number of fused-ring (bicyclic) bond motifs is 1. The number of aliphatic hydroxyl groups is 1. The van der Waals surface area contributed by atoms with Crippen LogP contribution in [0.2, 0.25) is 0 Å². The van der Waals surface area contributed by atoms with E-state index in [2.05, 4.69) is 15.0 Å². The molecule has 0 spiro atoms. The van der Waals surface area contributed by atoms with Crippen molar-refractivity contribution in [3.05, 3.63) is 23.9 Å². The Balaban J connectivity index is 2.70. The number of hydrogen-bond acceptors (Lipinski definition) is 5. The van der Waals surface area contributed by atoms with Gasteiger partial charge in [0, 0.05) is 6.54 Å². The van der Waals surface area contributed by atoms with Crippen molar-refractivity contribution >= 4 is 23.1 Å². The number of amidine groups is 1. The Morgan fingerprint density at radius 2 is 2.33 bits per heavy atom. The summed E-state index contributed by atoms with van der Waals surface area (Å²) in [6.45, 7) is 2.23. The third-order valence-electron chi connectivity index (χ3n) is 2.39. The first-order chi connectivity index (χ1) is 8.67. The van der Waals surface area contributed by atoms with E-state index in [0.717, 1.165) is 0 Å². The topological polar surface area (TPSA) is 114 Å². The Hall–Kier alpha value is -2.28.